The van der Waals surface area contributed by atoms with Crippen molar-refractivity contribution in [3.8, 4) is 11.3 Å². The third kappa shape index (κ3) is 5.57. The highest BCUT2D eigenvalue weighted by atomic mass is 16.3. The van der Waals surface area contributed by atoms with Crippen LogP contribution in [0.2, 0.25) is 0 Å². The molecule has 2 aromatic heterocycles. The number of nitrogens with one attached hydrogen (secondary N) is 2. The second-order valence-electron chi connectivity index (χ2n) is 10.4. The number of nitrogens with zero attached hydrogens (tertiary/aromatic N) is 4. The van der Waals surface area contributed by atoms with E-state index in [0.717, 1.165) is 35.2 Å². The summed E-state index contributed by atoms with van der Waals surface area (Å²) in [6, 6.07) is 10.6. The van der Waals surface area contributed by atoms with Gasteiger partial charge in [-0.2, -0.15) is 0 Å². The quantitative estimate of drug-likeness (QED) is 0.421. The van der Waals surface area contributed by atoms with Gasteiger partial charge in [0.1, 0.15) is 11.7 Å². The van der Waals surface area contributed by atoms with Gasteiger partial charge in [0.15, 0.2) is 0 Å². The highest BCUT2D eigenvalue weighted by Crippen LogP contribution is 2.26. The molecule has 9 nitrogen and oxygen atoms in total. The number of rotatable bonds is 8. The lowest BCUT2D eigenvalue weighted by molar-refractivity contribution is -0.126. The van der Waals surface area contributed by atoms with Gasteiger partial charge in [-0.1, -0.05) is 49.1 Å². The first-order valence-electron chi connectivity index (χ1n) is 13.5. The standard InChI is InChI=1S/C29H36N6O3/c1-19-7-6-8-21(15-19)25(18-36)32-27(37)20(2)35-14-13-34-17-22(16-26(34)28(35)38)24-11-12-30-29(33-24)31-23-9-4-3-5-10-23/h6-8,11-12,15-17,20,23,25,36H,3-5,9-10,13-14,18H2,1-2H3,(H,32,37)(H,30,31,33)/t20-,25-/m1/s1. The molecule has 3 heterocycles. The van der Waals surface area contributed by atoms with Gasteiger partial charge in [0.25, 0.3) is 5.91 Å². The van der Waals surface area contributed by atoms with Gasteiger partial charge in [-0.25, -0.2) is 9.97 Å². The van der Waals surface area contributed by atoms with Crippen molar-refractivity contribution in [2.24, 2.45) is 0 Å². The van der Waals surface area contributed by atoms with Crippen molar-refractivity contribution >= 4 is 17.8 Å². The molecular formula is C29H36N6O3. The van der Waals surface area contributed by atoms with Crippen molar-refractivity contribution in [3.63, 3.8) is 0 Å². The highest BCUT2D eigenvalue weighted by Gasteiger charge is 2.33. The number of hydrogen-bond acceptors (Lipinski definition) is 6. The van der Waals surface area contributed by atoms with E-state index in [9.17, 15) is 14.7 Å². The molecule has 1 aromatic carbocycles. The van der Waals surface area contributed by atoms with E-state index in [1.54, 1.807) is 18.0 Å². The lowest BCUT2D eigenvalue weighted by atomic mass is 9.96. The molecule has 1 saturated carbocycles. The van der Waals surface area contributed by atoms with Gasteiger partial charge in [-0.15, -0.1) is 0 Å². The monoisotopic (exact) mass is 516 g/mol. The molecule has 1 aliphatic carbocycles. The Bertz CT molecular complexity index is 1300. The van der Waals surface area contributed by atoms with E-state index in [1.807, 2.05) is 54.1 Å². The van der Waals surface area contributed by atoms with Crippen LogP contribution < -0.4 is 10.6 Å². The molecule has 2 amide bonds. The van der Waals surface area contributed by atoms with Gasteiger partial charge < -0.3 is 25.2 Å². The summed E-state index contributed by atoms with van der Waals surface area (Å²) in [5, 5.41) is 16.3. The molecule has 38 heavy (non-hydrogen) atoms. The van der Waals surface area contributed by atoms with E-state index >= 15 is 0 Å². The number of carbonyl (C=O) groups is 2. The van der Waals surface area contributed by atoms with Gasteiger partial charge in [0.2, 0.25) is 11.9 Å². The van der Waals surface area contributed by atoms with E-state index in [1.165, 1.54) is 19.3 Å². The van der Waals surface area contributed by atoms with E-state index in [-0.39, 0.29) is 18.4 Å². The Hall–Kier alpha value is -3.72. The number of benzene rings is 1. The highest BCUT2D eigenvalue weighted by molar-refractivity contribution is 5.98. The summed E-state index contributed by atoms with van der Waals surface area (Å²) in [6.45, 7) is 4.47. The van der Waals surface area contributed by atoms with E-state index in [4.69, 9.17) is 4.98 Å². The van der Waals surface area contributed by atoms with Crippen molar-refractivity contribution < 1.29 is 14.7 Å². The van der Waals surface area contributed by atoms with Gasteiger partial charge in [-0.3, -0.25) is 9.59 Å². The molecule has 0 spiro atoms. The number of anilines is 1. The Morgan fingerprint density at radius 3 is 2.74 bits per heavy atom. The summed E-state index contributed by atoms with van der Waals surface area (Å²) in [5.41, 5.74) is 4.02. The topological polar surface area (TPSA) is 112 Å². The molecule has 3 aromatic rings. The fourth-order valence-corrected chi connectivity index (χ4v) is 5.42. The second kappa shape index (κ2) is 11.3. The first kappa shape index (κ1) is 25.9. The fourth-order valence-electron chi connectivity index (χ4n) is 5.42. The molecule has 9 heteroatoms. The fraction of sp³-hybridized carbons (Fsp3) is 0.448. The van der Waals surface area contributed by atoms with Crippen LogP contribution in [0.1, 0.15) is 66.7 Å². The molecule has 0 saturated heterocycles. The summed E-state index contributed by atoms with van der Waals surface area (Å²) in [5.74, 6) is 0.119. The lowest BCUT2D eigenvalue weighted by Gasteiger charge is -2.33. The first-order valence-corrected chi connectivity index (χ1v) is 13.5. The second-order valence-corrected chi connectivity index (χ2v) is 10.4. The number of aromatic nitrogens is 3. The maximum absolute atomic E-state index is 13.4. The van der Waals surface area contributed by atoms with Crippen LogP contribution in [0.25, 0.3) is 11.3 Å². The minimum Gasteiger partial charge on any atom is -0.394 e. The average Bonchev–Trinajstić information content (AvgIpc) is 3.38. The third-order valence-corrected chi connectivity index (χ3v) is 7.64. The molecule has 3 N–H and O–H groups in total. The van der Waals surface area contributed by atoms with Gasteiger partial charge in [0.05, 0.1) is 18.3 Å². The zero-order valence-electron chi connectivity index (χ0n) is 22.1. The zero-order chi connectivity index (χ0) is 26.6. The number of fused-ring (bicyclic) bond motifs is 1. The molecule has 200 valence electrons. The Kier molecular flexibility index (Phi) is 7.74. The number of hydrogen-bond donors (Lipinski definition) is 3. The minimum atomic E-state index is -0.682. The van der Waals surface area contributed by atoms with Crippen LogP contribution in [-0.4, -0.2) is 61.6 Å². The van der Waals surface area contributed by atoms with Gasteiger partial charge in [-0.05, 0) is 44.4 Å². The maximum Gasteiger partial charge on any atom is 0.271 e. The van der Waals surface area contributed by atoms with Crippen LogP contribution in [0.4, 0.5) is 5.95 Å². The van der Waals surface area contributed by atoms with Gasteiger partial charge >= 0.3 is 0 Å². The molecule has 0 unspecified atom stereocenters. The number of aliphatic hydroxyl groups excluding tert-OH is 1. The molecule has 2 aliphatic rings. The predicted octanol–water partition coefficient (Wildman–Crippen LogP) is 3.69. The van der Waals surface area contributed by atoms with Crippen molar-refractivity contribution in [2.75, 3.05) is 18.5 Å². The average molecular weight is 517 g/mol. The number of aliphatic hydroxyl groups is 1. The Labute approximate surface area is 223 Å². The van der Waals surface area contributed by atoms with Crippen LogP contribution in [0.5, 0.6) is 0 Å². The summed E-state index contributed by atoms with van der Waals surface area (Å²) >= 11 is 0. The summed E-state index contributed by atoms with van der Waals surface area (Å²) in [6.07, 6.45) is 9.70. The van der Waals surface area contributed by atoms with Crippen molar-refractivity contribution in [1.29, 1.82) is 0 Å². The van der Waals surface area contributed by atoms with Gasteiger partial charge in [0, 0.05) is 37.1 Å². The molecular weight excluding hydrogens is 480 g/mol. The molecule has 1 aliphatic heterocycles. The van der Waals surface area contributed by atoms with Crippen molar-refractivity contribution in [2.45, 2.75) is 70.6 Å². The normalized spacial score (nSPS) is 17.6. The molecule has 1 fully saturated rings. The largest absolute Gasteiger partial charge is 0.394 e. The lowest BCUT2D eigenvalue weighted by Crippen LogP contribution is -2.52. The SMILES string of the molecule is Cc1cccc([C@@H](CO)NC(=O)[C@@H](C)N2CCn3cc(-c4ccnc(NC5CCCCC5)n4)cc3C2=O)c1. The predicted molar refractivity (Wildman–Crippen MR) is 146 cm³/mol. The summed E-state index contributed by atoms with van der Waals surface area (Å²) in [4.78, 5) is 37.3. The Morgan fingerprint density at radius 1 is 1.16 bits per heavy atom. The smallest absolute Gasteiger partial charge is 0.271 e. The van der Waals surface area contributed by atoms with Crippen LogP contribution in [0.3, 0.4) is 0 Å². The summed E-state index contributed by atoms with van der Waals surface area (Å²) in [7, 11) is 0. The Morgan fingerprint density at radius 2 is 1.97 bits per heavy atom. The molecule has 2 atom stereocenters. The molecule has 0 radical (unpaired) electrons. The molecule has 5 rings (SSSR count). The van der Waals surface area contributed by atoms with Crippen LogP contribution >= 0.6 is 0 Å². The Balaban J connectivity index is 1.28. The molecule has 0 bridgehead atoms. The van der Waals surface area contributed by atoms with Crippen molar-refractivity contribution in [1.82, 2.24) is 24.8 Å². The number of aryl methyl sites for hydroxylation is 1. The number of carbonyl (C=O) groups excluding carboxylic acids is 2. The zero-order valence-corrected chi connectivity index (χ0v) is 22.1. The maximum atomic E-state index is 13.4. The van der Waals surface area contributed by atoms with Crippen molar-refractivity contribution in [3.05, 3.63) is 65.6 Å². The van der Waals surface area contributed by atoms with E-state index < -0.39 is 12.1 Å². The first-order chi connectivity index (χ1) is 18.4. The third-order valence-electron chi connectivity index (χ3n) is 7.64. The van der Waals surface area contributed by atoms with Crippen LogP contribution in [0, 0.1) is 6.92 Å². The minimum absolute atomic E-state index is 0.198. The van der Waals surface area contributed by atoms with Crippen LogP contribution in [-0.2, 0) is 11.3 Å². The van der Waals surface area contributed by atoms with Crippen LogP contribution in [0.15, 0.2) is 48.8 Å². The number of amides is 2. The summed E-state index contributed by atoms with van der Waals surface area (Å²) < 4.78 is 1.93. The van der Waals surface area contributed by atoms with E-state index in [2.05, 4.69) is 15.6 Å². The van der Waals surface area contributed by atoms with E-state index in [0.29, 0.717) is 30.8 Å².